The Morgan fingerprint density at radius 3 is 2.52 bits per heavy atom. The second kappa shape index (κ2) is 10.7. The van der Waals surface area contributed by atoms with Gasteiger partial charge in [0.25, 0.3) is 5.91 Å². The maximum Gasteiger partial charge on any atom is 0.421 e. The van der Waals surface area contributed by atoms with E-state index >= 15 is 0 Å². The van der Waals surface area contributed by atoms with E-state index in [9.17, 15) is 22.8 Å². The predicted molar refractivity (Wildman–Crippen MR) is 119 cm³/mol. The first-order valence-electron chi connectivity index (χ1n) is 10.4. The van der Waals surface area contributed by atoms with Crippen LogP contribution in [-0.4, -0.2) is 52.9 Å². The molecule has 1 aromatic carbocycles. The Hall–Kier alpha value is -3.08. The lowest BCUT2D eigenvalue weighted by atomic mass is 10.1. The summed E-state index contributed by atoms with van der Waals surface area (Å²) in [4.78, 5) is 33.1. The quantitative estimate of drug-likeness (QED) is 0.512. The van der Waals surface area contributed by atoms with E-state index in [1.807, 2.05) is 0 Å². The lowest BCUT2D eigenvalue weighted by molar-refractivity contribution is -0.137. The molecule has 0 atom stereocenters. The van der Waals surface area contributed by atoms with Crippen molar-refractivity contribution in [2.45, 2.75) is 32.4 Å². The van der Waals surface area contributed by atoms with Crippen molar-refractivity contribution in [3.05, 3.63) is 40.5 Å². The van der Waals surface area contributed by atoms with Crippen LogP contribution in [0, 0.1) is 0 Å². The van der Waals surface area contributed by atoms with Crippen LogP contribution in [0.5, 0.6) is 0 Å². The Bertz CT molecular complexity index is 1010. The van der Waals surface area contributed by atoms with Gasteiger partial charge < -0.3 is 20.9 Å². The summed E-state index contributed by atoms with van der Waals surface area (Å²) in [5.41, 5.74) is -0.256. The third-order valence-corrected chi connectivity index (χ3v) is 5.30. The van der Waals surface area contributed by atoms with Crippen molar-refractivity contribution >= 4 is 40.9 Å². The minimum absolute atomic E-state index is 0.0399. The molecule has 1 aliphatic heterocycles. The van der Waals surface area contributed by atoms with Gasteiger partial charge in [-0.25, -0.2) is 4.98 Å². The number of hydrogen-bond acceptors (Lipinski definition) is 6. The summed E-state index contributed by atoms with van der Waals surface area (Å²) in [6, 6.07) is 4.66. The fourth-order valence-electron chi connectivity index (χ4n) is 3.37. The van der Waals surface area contributed by atoms with Gasteiger partial charge in [0.1, 0.15) is 11.4 Å². The monoisotopic (exact) mass is 484 g/mol. The molecule has 2 aromatic rings. The average Bonchev–Trinajstić information content (AvgIpc) is 2.76. The standard InChI is InChI=1S/C21H24ClF3N6O2/c1-13(32)26-7-8-27-18-16(21(23,24)25)12-28-20(30-18)29-14-5-6-15(17(22)11-14)19(33)31-9-3-2-4-10-31/h5-6,11-12H,2-4,7-10H2,1H3,(H,26,32)(H2,27,28,29,30). The summed E-state index contributed by atoms with van der Waals surface area (Å²) in [6.07, 6.45) is -0.983. The van der Waals surface area contributed by atoms with Crippen LogP contribution >= 0.6 is 11.6 Å². The molecule has 0 aliphatic carbocycles. The van der Waals surface area contributed by atoms with Crippen molar-refractivity contribution in [1.82, 2.24) is 20.2 Å². The van der Waals surface area contributed by atoms with Gasteiger partial charge in [-0.2, -0.15) is 18.2 Å². The molecule has 1 aliphatic rings. The van der Waals surface area contributed by atoms with E-state index in [4.69, 9.17) is 11.6 Å². The maximum atomic E-state index is 13.3. The highest BCUT2D eigenvalue weighted by Gasteiger charge is 2.35. The molecule has 0 bridgehead atoms. The van der Waals surface area contributed by atoms with Gasteiger partial charge in [-0.1, -0.05) is 11.6 Å². The molecule has 0 radical (unpaired) electrons. The van der Waals surface area contributed by atoms with Gasteiger partial charge >= 0.3 is 6.18 Å². The number of halogens is 4. The number of carbonyl (C=O) groups is 2. The number of piperidine rings is 1. The van der Waals surface area contributed by atoms with Gasteiger partial charge in [0.2, 0.25) is 11.9 Å². The number of benzene rings is 1. The molecule has 0 spiro atoms. The molecule has 2 amide bonds. The van der Waals surface area contributed by atoms with E-state index in [2.05, 4.69) is 25.9 Å². The smallest absolute Gasteiger partial charge is 0.368 e. The highest BCUT2D eigenvalue weighted by molar-refractivity contribution is 6.34. The normalized spacial score (nSPS) is 14.0. The number of rotatable bonds is 7. The van der Waals surface area contributed by atoms with Crippen LogP contribution < -0.4 is 16.0 Å². The molecule has 1 fully saturated rings. The van der Waals surface area contributed by atoms with E-state index in [0.717, 1.165) is 19.3 Å². The van der Waals surface area contributed by atoms with Crippen LogP contribution in [0.4, 0.5) is 30.6 Å². The first-order valence-corrected chi connectivity index (χ1v) is 10.8. The lowest BCUT2D eigenvalue weighted by Crippen LogP contribution is -2.35. The molecule has 0 unspecified atom stereocenters. The largest absolute Gasteiger partial charge is 0.421 e. The third-order valence-electron chi connectivity index (χ3n) is 4.98. The van der Waals surface area contributed by atoms with Gasteiger partial charge in [0.05, 0.1) is 10.6 Å². The number of carbonyl (C=O) groups excluding carboxylic acids is 2. The molecule has 33 heavy (non-hydrogen) atoms. The zero-order chi connectivity index (χ0) is 24.0. The van der Waals surface area contributed by atoms with E-state index < -0.39 is 17.6 Å². The number of likely N-dealkylation sites (tertiary alicyclic amines) is 1. The molecule has 0 saturated carbocycles. The summed E-state index contributed by atoms with van der Waals surface area (Å²) in [5, 5.41) is 8.08. The topological polar surface area (TPSA) is 99.2 Å². The van der Waals surface area contributed by atoms with Crippen molar-refractivity contribution in [3.8, 4) is 0 Å². The van der Waals surface area contributed by atoms with Crippen molar-refractivity contribution < 1.29 is 22.8 Å². The zero-order valence-electron chi connectivity index (χ0n) is 17.9. The number of nitrogens with one attached hydrogen (secondary N) is 3. The maximum absolute atomic E-state index is 13.3. The van der Waals surface area contributed by atoms with Crippen molar-refractivity contribution in [3.63, 3.8) is 0 Å². The van der Waals surface area contributed by atoms with Gasteiger partial charge in [0.15, 0.2) is 0 Å². The number of anilines is 3. The molecule has 178 valence electrons. The lowest BCUT2D eigenvalue weighted by Gasteiger charge is -2.27. The van der Waals surface area contributed by atoms with E-state index in [1.165, 1.54) is 13.0 Å². The summed E-state index contributed by atoms with van der Waals surface area (Å²) in [5.74, 6) is -0.954. The molecule has 1 saturated heterocycles. The molecule has 2 heterocycles. The third kappa shape index (κ3) is 6.70. The minimum Gasteiger partial charge on any atom is -0.368 e. The van der Waals surface area contributed by atoms with Crippen LogP contribution in [0.2, 0.25) is 5.02 Å². The van der Waals surface area contributed by atoms with Crippen LogP contribution in [0.25, 0.3) is 0 Å². The Kier molecular flexibility index (Phi) is 7.96. The number of aromatic nitrogens is 2. The zero-order valence-corrected chi connectivity index (χ0v) is 18.7. The Morgan fingerprint density at radius 1 is 1.15 bits per heavy atom. The van der Waals surface area contributed by atoms with E-state index in [0.29, 0.717) is 30.5 Å². The Morgan fingerprint density at radius 2 is 1.88 bits per heavy atom. The second-order valence-electron chi connectivity index (χ2n) is 7.54. The average molecular weight is 485 g/mol. The van der Waals surface area contributed by atoms with Gasteiger partial charge in [0, 0.05) is 45.0 Å². The Labute approximate surface area is 193 Å². The molecular formula is C21H24ClF3N6O2. The first kappa shape index (κ1) is 24.6. The number of alkyl halides is 3. The van der Waals surface area contributed by atoms with E-state index in [-0.39, 0.29) is 35.9 Å². The highest BCUT2D eigenvalue weighted by Crippen LogP contribution is 2.34. The molecule has 8 nitrogen and oxygen atoms in total. The van der Waals surface area contributed by atoms with Crippen molar-refractivity contribution in [2.24, 2.45) is 0 Å². The first-order chi connectivity index (χ1) is 15.6. The van der Waals surface area contributed by atoms with Gasteiger partial charge in [-0.05, 0) is 37.5 Å². The molecule has 3 rings (SSSR count). The van der Waals surface area contributed by atoms with Gasteiger partial charge in [-0.3, -0.25) is 9.59 Å². The molecule has 12 heteroatoms. The number of amides is 2. The Balaban J connectivity index is 1.75. The predicted octanol–water partition coefficient (Wildman–Crippen LogP) is 4.07. The second-order valence-corrected chi connectivity index (χ2v) is 7.94. The summed E-state index contributed by atoms with van der Waals surface area (Å²) >= 11 is 6.31. The highest BCUT2D eigenvalue weighted by atomic mass is 35.5. The fraction of sp³-hybridized carbons (Fsp3) is 0.429. The van der Waals surface area contributed by atoms with Crippen LogP contribution in [0.3, 0.4) is 0 Å². The number of hydrogen-bond donors (Lipinski definition) is 3. The fourth-order valence-corrected chi connectivity index (χ4v) is 3.63. The molecular weight excluding hydrogens is 461 g/mol. The van der Waals surface area contributed by atoms with Crippen molar-refractivity contribution in [2.75, 3.05) is 36.8 Å². The summed E-state index contributed by atoms with van der Waals surface area (Å²) in [7, 11) is 0. The molecule has 1 aromatic heterocycles. The van der Waals surface area contributed by atoms with Crippen LogP contribution in [0.15, 0.2) is 24.4 Å². The SMILES string of the molecule is CC(=O)NCCNc1nc(Nc2ccc(C(=O)N3CCCCC3)c(Cl)c2)ncc1C(F)(F)F. The van der Waals surface area contributed by atoms with E-state index in [1.54, 1.807) is 17.0 Å². The van der Waals surface area contributed by atoms with Crippen LogP contribution in [0.1, 0.15) is 42.1 Å². The molecule has 3 N–H and O–H groups in total. The summed E-state index contributed by atoms with van der Waals surface area (Å²) in [6.45, 7) is 2.85. The number of nitrogens with zero attached hydrogens (tertiary/aromatic N) is 3. The van der Waals surface area contributed by atoms with Crippen molar-refractivity contribution in [1.29, 1.82) is 0 Å². The summed E-state index contributed by atoms with van der Waals surface area (Å²) < 4.78 is 39.9. The van der Waals surface area contributed by atoms with Gasteiger partial charge in [-0.15, -0.1) is 0 Å². The van der Waals surface area contributed by atoms with Crippen LogP contribution in [-0.2, 0) is 11.0 Å². The minimum atomic E-state index is -4.66.